The van der Waals surface area contributed by atoms with Crippen molar-refractivity contribution >= 4 is 23.4 Å². The molecule has 0 aliphatic heterocycles. The van der Waals surface area contributed by atoms with E-state index in [2.05, 4.69) is 15.5 Å². The van der Waals surface area contributed by atoms with E-state index in [-0.39, 0.29) is 16.8 Å². The van der Waals surface area contributed by atoms with Gasteiger partial charge in [-0.1, -0.05) is 30.0 Å². The third-order valence-corrected chi connectivity index (χ3v) is 3.78. The number of aromatic nitrogens is 3. The number of carbonyl (C=O) groups excluding carboxylic acids is 1. The summed E-state index contributed by atoms with van der Waals surface area (Å²) in [5.41, 5.74) is 2.31. The van der Waals surface area contributed by atoms with E-state index in [1.54, 1.807) is 0 Å². The number of nitrogens with one attached hydrogen (secondary N) is 1. The second kappa shape index (κ2) is 6.40. The van der Waals surface area contributed by atoms with Crippen LogP contribution in [0.15, 0.2) is 34.3 Å². The first-order chi connectivity index (χ1) is 9.99. The number of rotatable bonds is 4. The lowest BCUT2D eigenvalue weighted by atomic mass is 10.1. The first-order valence-electron chi connectivity index (χ1n) is 6.17. The molecule has 0 bridgehead atoms. The minimum Gasteiger partial charge on any atom is -0.334 e. The first kappa shape index (κ1) is 15.0. The van der Waals surface area contributed by atoms with Gasteiger partial charge in [-0.15, -0.1) is 5.10 Å². The van der Waals surface area contributed by atoms with E-state index < -0.39 is 5.56 Å². The number of aryl methyl sites for hydroxylation is 2. The van der Waals surface area contributed by atoms with Crippen molar-refractivity contribution in [1.29, 1.82) is 0 Å². The molecule has 2 aromatic rings. The Morgan fingerprint density at radius 2 is 2.05 bits per heavy atom. The number of anilines is 1. The van der Waals surface area contributed by atoms with Crippen LogP contribution in [0.1, 0.15) is 11.1 Å². The molecule has 0 saturated heterocycles. The Morgan fingerprint density at radius 1 is 1.38 bits per heavy atom. The molecule has 2 rings (SSSR count). The van der Waals surface area contributed by atoms with Crippen LogP contribution in [0.5, 0.6) is 0 Å². The predicted octanol–water partition coefficient (Wildman–Crippen LogP) is 0.700. The maximum absolute atomic E-state index is 12.0. The van der Waals surface area contributed by atoms with Gasteiger partial charge in [-0.3, -0.25) is 9.59 Å². The molecule has 8 heteroatoms. The number of hydrogen-bond acceptors (Lipinski definition) is 6. The van der Waals surface area contributed by atoms with Gasteiger partial charge in [0.2, 0.25) is 11.1 Å². The van der Waals surface area contributed by atoms with Crippen LogP contribution in [-0.2, 0) is 4.79 Å². The maximum Gasteiger partial charge on any atom is 0.291 e. The fourth-order valence-electron chi connectivity index (χ4n) is 1.75. The first-order valence-corrected chi connectivity index (χ1v) is 7.16. The summed E-state index contributed by atoms with van der Waals surface area (Å²) in [7, 11) is 0. The Hall–Kier alpha value is -2.35. The van der Waals surface area contributed by atoms with Gasteiger partial charge >= 0.3 is 0 Å². The predicted molar refractivity (Wildman–Crippen MR) is 81.7 cm³/mol. The lowest BCUT2D eigenvalue weighted by molar-refractivity contribution is -0.113. The second-order valence-electron chi connectivity index (χ2n) is 4.44. The highest BCUT2D eigenvalue weighted by atomic mass is 32.2. The summed E-state index contributed by atoms with van der Waals surface area (Å²) in [6, 6.07) is 5.79. The van der Waals surface area contributed by atoms with Crippen molar-refractivity contribution in [3.05, 3.63) is 45.9 Å². The Kier molecular flexibility index (Phi) is 4.59. The summed E-state index contributed by atoms with van der Waals surface area (Å²) in [6.07, 6.45) is 1.01. The molecule has 0 saturated carbocycles. The molecule has 21 heavy (non-hydrogen) atoms. The highest BCUT2D eigenvalue weighted by Gasteiger charge is 2.10. The summed E-state index contributed by atoms with van der Waals surface area (Å²) in [5, 5.41) is 10.3. The summed E-state index contributed by atoms with van der Waals surface area (Å²) in [5.74, 6) is 5.41. The lowest BCUT2D eigenvalue weighted by Gasteiger charge is -2.11. The number of nitrogens with two attached hydrogens (primary N) is 1. The van der Waals surface area contributed by atoms with E-state index in [1.165, 1.54) is 0 Å². The Balaban J connectivity index is 2.03. The molecule has 0 unspecified atom stereocenters. The molecule has 0 aliphatic rings. The van der Waals surface area contributed by atoms with E-state index in [4.69, 9.17) is 5.84 Å². The molecular weight excluding hydrogens is 290 g/mol. The van der Waals surface area contributed by atoms with Crippen LogP contribution >= 0.6 is 11.8 Å². The van der Waals surface area contributed by atoms with Crippen molar-refractivity contribution in [2.24, 2.45) is 0 Å². The van der Waals surface area contributed by atoms with E-state index in [0.29, 0.717) is 0 Å². The van der Waals surface area contributed by atoms with E-state index in [0.717, 1.165) is 39.4 Å². The normalized spacial score (nSPS) is 10.4. The molecule has 0 fully saturated rings. The number of benzene rings is 1. The van der Waals surface area contributed by atoms with Crippen LogP contribution in [0.2, 0.25) is 0 Å². The van der Waals surface area contributed by atoms with Gasteiger partial charge in [-0.2, -0.15) is 9.77 Å². The number of nitrogens with zero attached hydrogens (tertiary/aromatic N) is 3. The Morgan fingerprint density at radius 3 is 2.71 bits per heavy atom. The summed E-state index contributed by atoms with van der Waals surface area (Å²) >= 11 is 1.05. The molecular formula is C13H15N5O2S. The molecule has 0 atom stereocenters. The van der Waals surface area contributed by atoms with E-state index in [1.807, 2.05) is 32.0 Å². The molecule has 1 heterocycles. The van der Waals surface area contributed by atoms with Gasteiger partial charge < -0.3 is 11.2 Å². The fraction of sp³-hybridized carbons (Fsp3) is 0.231. The molecule has 0 aliphatic carbocycles. The largest absolute Gasteiger partial charge is 0.334 e. The molecule has 1 aromatic carbocycles. The minimum atomic E-state index is -0.470. The monoisotopic (exact) mass is 305 g/mol. The van der Waals surface area contributed by atoms with Gasteiger partial charge in [0, 0.05) is 5.69 Å². The zero-order chi connectivity index (χ0) is 15.4. The van der Waals surface area contributed by atoms with Crippen LogP contribution in [0, 0.1) is 13.8 Å². The van der Waals surface area contributed by atoms with E-state index >= 15 is 0 Å². The second-order valence-corrected chi connectivity index (χ2v) is 5.38. The van der Waals surface area contributed by atoms with Crippen LogP contribution in [0.4, 0.5) is 5.69 Å². The SMILES string of the molecule is Cc1cccc(C)c1NC(=O)CSc1nncc(=O)n1N. The third-order valence-electron chi connectivity index (χ3n) is 2.83. The van der Waals surface area contributed by atoms with Crippen LogP contribution < -0.4 is 16.7 Å². The fourth-order valence-corrected chi connectivity index (χ4v) is 2.41. The van der Waals surface area contributed by atoms with Gasteiger partial charge in [-0.25, -0.2) is 0 Å². The van der Waals surface area contributed by atoms with E-state index in [9.17, 15) is 9.59 Å². The smallest absolute Gasteiger partial charge is 0.291 e. The third kappa shape index (κ3) is 3.60. The number of amides is 1. The van der Waals surface area contributed by atoms with Gasteiger partial charge in [-0.05, 0) is 25.0 Å². The molecule has 0 spiro atoms. The van der Waals surface area contributed by atoms with Gasteiger partial charge in [0.1, 0.15) is 6.20 Å². The average molecular weight is 305 g/mol. The Bertz CT molecular complexity index is 708. The van der Waals surface area contributed by atoms with Crippen molar-refractivity contribution < 1.29 is 4.79 Å². The van der Waals surface area contributed by atoms with Crippen LogP contribution in [0.3, 0.4) is 0 Å². The molecule has 7 nitrogen and oxygen atoms in total. The van der Waals surface area contributed by atoms with Crippen molar-refractivity contribution in [3.8, 4) is 0 Å². The highest BCUT2D eigenvalue weighted by Crippen LogP contribution is 2.20. The van der Waals surface area contributed by atoms with Crippen molar-refractivity contribution in [1.82, 2.24) is 14.9 Å². The van der Waals surface area contributed by atoms with Crippen LogP contribution in [0.25, 0.3) is 0 Å². The highest BCUT2D eigenvalue weighted by molar-refractivity contribution is 7.99. The number of hydrogen-bond donors (Lipinski definition) is 2. The number of para-hydroxylation sites is 1. The van der Waals surface area contributed by atoms with Crippen molar-refractivity contribution in [3.63, 3.8) is 0 Å². The molecule has 0 radical (unpaired) electrons. The summed E-state index contributed by atoms with van der Waals surface area (Å²) < 4.78 is 0.865. The number of thioether (sulfide) groups is 1. The molecule has 1 aromatic heterocycles. The molecule has 110 valence electrons. The zero-order valence-corrected chi connectivity index (χ0v) is 12.5. The summed E-state index contributed by atoms with van der Waals surface area (Å²) in [6.45, 7) is 3.85. The summed E-state index contributed by atoms with van der Waals surface area (Å²) in [4.78, 5) is 23.3. The van der Waals surface area contributed by atoms with Crippen molar-refractivity contribution in [2.75, 3.05) is 16.9 Å². The maximum atomic E-state index is 12.0. The zero-order valence-electron chi connectivity index (χ0n) is 11.7. The van der Waals surface area contributed by atoms with Crippen molar-refractivity contribution in [2.45, 2.75) is 19.0 Å². The topological polar surface area (TPSA) is 103 Å². The number of nitrogen functional groups attached to an aromatic ring is 1. The minimum absolute atomic E-state index is 0.0864. The lowest BCUT2D eigenvalue weighted by Crippen LogP contribution is -2.30. The van der Waals surface area contributed by atoms with Gasteiger partial charge in [0.25, 0.3) is 5.56 Å². The average Bonchev–Trinajstić information content (AvgIpc) is 2.45. The standard InChI is InChI=1S/C13H15N5O2S/c1-8-4-3-5-9(2)12(8)16-10(19)7-21-13-17-15-6-11(20)18(13)14/h3-6H,7,14H2,1-2H3,(H,16,19). The number of carbonyl (C=O) groups is 1. The van der Waals surface area contributed by atoms with Gasteiger partial charge in [0.05, 0.1) is 5.75 Å². The molecule has 3 N–H and O–H groups in total. The quantitative estimate of drug-likeness (QED) is 0.636. The van der Waals surface area contributed by atoms with Crippen LogP contribution in [-0.4, -0.2) is 26.5 Å². The van der Waals surface area contributed by atoms with Gasteiger partial charge in [0.15, 0.2) is 0 Å². The molecule has 1 amide bonds. The Labute approximate surface area is 125 Å².